The van der Waals surface area contributed by atoms with Gasteiger partial charge in [0.25, 0.3) is 0 Å². The van der Waals surface area contributed by atoms with Crippen molar-refractivity contribution in [3.63, 3.8) is 0 Å². The van der Waals surface area contributed by atoms with Gasteiger partial charge >= 0.3 is 6.09 Å². The first-order chi connectivity index (χ1) is 13.1. The molecule has 2 aliphatic rings. The lowest BCUT2D eigenvalue weighted by atomic mass is 9.67. The first kappa shape index (κ1) is 19.7. The number of amides is 1. The van der Waals surface area contributed by atoms with Crippen LogP contribution in [-0.2, 0) is 16.7 Å². The highest BCUT2D eigenvalue weighted by molar-refractivity contribution is 5.67. The van der Waals surface area contributed by atoms with Gasteiger partial charge in [0.2, 0.25) is 0 Å². The highest BCUT2D eigenvalue weighted by Gasteiger charge is 2.41. The summed E-state index contributed by atoms with van der Waals surface area (Å²) in [7, 11) is 0. The Morgan fingerprint density at radius 1 is 1.37 bits per heavy atom. The SMILES string of the molecule is CCOC(=O)N[C@@H]1CCN(C2CCC(C#N)(c3ccccc3CN)CC2)C1. The van der Waals surface area contributed by atoms with Crippen LogP contribution in [0.3, 0.4) is 0 Å². The minimum atomic E-state index is -0.422. The monoisotopic (exact) mass is 370 g/mol. The Labute approximate surface area is 161 Å². The molecule has 1 amide bonds. The lowest BCUT2D eigenvalue weighted by Crippen LogP contribution is -2.43. The van der Waals surface area contributed by atoms with Gasteiger partial charge in [-0.25, -0.2) is 4.79 Å². The van der Waals surface area contributed by atoms with Crippen LogP contribution in [-0.4, -0.2) is 42.8 Å². The van der Waals surface area contributed by atoms with E-state index in [-0.39, 0.29) is 12.1 Å². The normalized spacial score (nSPS) is 28.5. The van der Waals surface area contributed by atoms with E-state index in [0.29, 0.717) is 19.2 Å². The molecule has 1 saturated carbocycles. The number of hydrogen-bond acceptors (Lipinski definition) is 5. The van der Waals surface area contributed by atoms with Gasteiger partial charge in [0.1, 0.15) is 0 Å². The number of ether oxygens (including phenoxy) is 1. The molecule has 0 aromatic heterocycles. The number of nitriles is 1. The number of nitrogens with zero attached hydrogens (tertiary/aromatic N) is 2. The second-order valence-electron chi connectivity index (χ2n) is 7.63. The average molecular weight is 370 g/mol. The fourth-order valence-corrected chi connectivity index (χ4v) is 4.64. The number of nitrogens with two attached hydrogens (primary N) is 1. The summed E-state index contributed by atoms with van der Waals surface area (Å²) in [6.07, 6.45) is 4.34. The number of nitrogens with one attached hydrogen (secondary N) is 1. The second-order valence-corrected chi connectivity index (χ2v) is 7.63. The molecule has 1 aromatic carbocycles. The molecule has 3 N–H and O–H groups in total. The molecule has 0 bridgehead atoms. The fourth-order valence-electron chi connectivity index (χ4n) is 4.64. The number of likely N-dealkylation sites (tertiary alicyclic amines) is 1. The number of alkyl carbamates (subject to hydrolysis) is 1. The molecular weight excluding hydrogens is 340 g/mol. The van der Waals surface area contributed by atoms with Crippen molar-refractivity contribution in [2.24, 2.45) is 5.73 Å². The van der Waals surface area contributed by atoms with Crippen molar-refractivity contribution >= 4 is 6.09 Å². The van der Waals surface area contributed by atoms with Gasteiger partial charge in [-0.05, 0) is 50.2 Å². The van der Waals surface area contributed by atoms with E-state index in [1.54, 1.807) is 0 Å². The van der Waals surface area contributed by atoms with Crippen LogP contribution in [0.25, 0.3) is 0 Å². The van der Waals surface area contributed by atoms with Gasteiger partial charge in [0.15, 0.2) is 0 Å². The summed E-state index contributed by atoms with van der Waals surface area (Å²) < 4.78 is 4.98. The van der Waals surface area contributed by atoms with E-state index in [0.717, 1.165) is 56.3 Å². The van der Waals surface area contributed by atoms with Gasteiger partial charge in [-0.3, -0.25) is 4.90 Å². The van der Waals surface area contributed by atoms with Crippen LogP contribution in [0.5, 0.6) is 0 Å². The predicted octanol–water partition coefficient (Wildman–Crippen LogP) is 2.67. The predicted molar refractivity (Wildman–Crippen MR) is 104 cm³/mol. The van der Waals surface area contributed by atoms with Crippen LogP contribution in [0.1, 0.15) is 50.2 Å². The molecule has 146 valence electrons. The molecule has 1 heterocycles. The largest absolute Gasteiger partial charge is 0.450 e. The molecular formula is C21H30N4O2. The van der Waals surface area contributed by atoms with Gasteiger partial charge in [-0.1, -0.05) is 24.3 Å². The molecule has 0 unspecified atom stereocenters. The number of rotatable bonds is 5. The quantitative estimate of drug-likeness (QED) is 0.831. The summed E-state index contributed by atoms with van der Waals surface area (Å²) in [6.45, 7) is 4.53. The van der Waals surface area contributed by atoms with Crippen molar-refractivity contribution in [1.29, 1.82) is 5.26 Å². The number of carbonyl (C=O) groups excluding carboxylic acids is 1. The molecule has 1 atom stereocenters. The van der Waals surface area contributed by atoms with Crippen LogP contribution in [0.2, 0.25) is 0 Å². The Balaban J connectivity index is 1.60. The van der Waals surface area contributed by atoms with Gasteiger partial charge in [0, 0.05) is 31.7 Å². The Morgan fingerprint density at radius 3 is 2.78 bits per heavy atom. The van der Waals surface area contributed by atoms with Gasteiger partial charge in [0.05, 0.1) is 18.1 Å². The molecule has 6 nitrogen and oxygen atoms in total. The molecule has 1 aliphatic heterocycles. The first-order valence-electron chi connectivity index (χ1n) is 9.99. The standard InChI is InChI=1S/C21H30N4O2/c1-2-27-20(26)24-17-9-12-25(14-17)18-7-10-21(15-23,11-8-18)19-6-4-3-5-16(19)13-22/h3-6,17-18H,2,7-14,22H2,1H3,(H,24,26)/t17-,18?,21?/m1/s1. The lowest BCUT2D eigenvalue weighted by Gasteiger charge is -2.40. The Hall–Kier alpha value is -2.10. The minimum Gasteiger partial charge on any atom is -0.450 e. The van der Waals surface area contributed by atoms with Crippen molar-refractivity contribution in [3.8, 4) is 6.07 Å². The Morgan fingerprint density at radius 2 is 2.11 bits per heavy atom. The number of benzene rings is 1. The van der Waals surface area contributed by atoms with Crippen molar-refractivity contribution < 1.29 is 9.53 Å². The zero-order valence-electron chi connectivity index (χ0n) is 16.1. The third-order valence-corrected chi connectivity index (χ3v) is 6.11. The van der Waals surface area contributed by atoms with Crippen molar-refractivity contribution in [1.82, 2.24) is 10.2 Å². The molecule has 2 fully saturated rings. The number of hydrogen-bond donors (Lipinski definition) is 2. The summed E-state index contributed by atoms with van der Waals surface area (Å²) >= 11 is 0. The maximum atomic E-state index is 11.6. The lowest BCUT2D eigenvalue weighted by molar-refractivity contribution is 0.143. The molecule has 27 heavy (non-hydrogen) atoms. The van der Waals surface area contributed by atoms with E-state index in [2.05, 4.69) is 22.4 Å². The average Bonchev–Trinajstić information content (AvgIpc) is 3.16. The van der Waals surface area contributed by atoms with Crippen LogP contribution in [0, 0.1) is 11.3 Å². The molecule has 0 spiro atoms. The summed E-state index contributed by atoms with van der Waals surface area (Å²) in [5.41, 5.74) is 7.68. The molecule has 3 rings (SSSR count). The smallest absolute Gasteiger partial charge is 0.407 e. The second kappa shape index (κ2) is 8.73. The van der Waals surface area contributed by atoms with Crippen molar-refractivity contribution in [2.75, 3.05) is 19.7 Å². The summed E-state index contributed by atoms with van der Waals surface area (Å²) in [5, 5.41) is 12.9. The molecule has 6 heteroatoms. The minimum absolute atomic E-state index is 0.157. The molecule has 0 radical (unpaired) electrons. The Bertz CT molecular complexity index is 692. The van der Waals surface area contributed by atoms with Gasteiger partial charge in [-0.2, -0.15) is 5.26 Å². The zero-order valence-corrected chi connectivity index (χ0v) is 16.1. The maximum absolute atomic E-state index is 11.6. The first-order valence-corrected chi connectivity index (χ1v) is 9.99. The Kier molecular flexibility index (Phi) is 6.35. The van der Waals surface area contributed by atoms with Crippen molar-refractivity contribution in [3.05, 3.63) is 35.4 Å². The van der Waals surface area contributed by atoms with E-state index in [4.69, 9.17) is 10.5 Å². The summed E-state index contributed by atoms with van der Waals surface area (Å²) in [6, 6.07) is 11.4. The van der Waals surface area contributed by atoms with E-state index in [1.807, 2.05) is 25.1 Å². The van der Waals surface area contributed by atoms with E-state index < -0.39 is 5.41 Å². The zero-order chi connectivity index (χ0) is 19.3. The van der Waals surface area contributed by atoms with Gasteiger partial charge in [-0.15, -0.1) is 0 Å². The van der Waals surface area contributed by atoms with Crippen molar-refractivity contribution in [2.45, 2.75) is 63.1 Å². The molecule has 1 aliphatic carbocycles. The van der Waals surface area contributed by atoms with Crippen LogP contribution in [0.15, 0.2) is 24.3 Å². The van der Waals surface area contributed by atoms with E-state index in [9.17, 15) is 10.1 Å². The maximum Gasteiger partial charge on any atom is 0.407 e. The van der Waals surface area contributed by atoms with E-state index in [1.165, 1.54) is 0 Å². The van der Waals surface area contributed by atoms with E-state index >= 15 is 0 Å². The summed E-state index contributed by atoms with van der Waals surface area (Å²) in [5.74, 6) is 0. The highest BCUT2D eigenvalue weighted by Crippen LogP contribution is 2.42. The fraction of sp³-hybridized carbons (Fsp3) is 0.619. The molecule has 1 saturated heterocycles. The van der Waals surface area contributed by atoms with Crippen LogP contribution < -0.4 is 11.1 Å². The van der Waals surface area contributed by atoms with Crippen LogP contribution in [0.4, 0.5) is 4.79 Å². The number of carbonyl (C=O) groups is 1. The third-order valence-electron chi connectivity index (χ3n) is 6.11. The highest BCUT2D eigenvalue weighted by atomic mass is 16.5. The van der Waals surface area contributed by atoms with Gasteiger partial charge < -0.3 is 15.8 Å². The topological polar surface area (TPSA) is 91.4 Å². The molecule has 1 aromatic rings. The summed E-state index contributed by atoms with van der Waals surface area (Å²) in [4.78, 5) is 14.1. The third kappa shape index (κ3) is 4.26. The van der Waals surface area contributed by atoms with Crippen LogP contribution >= 0.6 is 0 Å².